The lowest BCUT2D eigenvalue weighted by atomic mass is 9.36. The maximum atomic E-state index is 14.5. The zero-order valence-electron chi connectivity index (χ0n) is 25.8. The van der Waals surface area contributed by atoms with Crippen molar-refractivity contribution < 1.29 is 33.4 Å². The Morgan fingerprint density at radius 2 is 1.68 bits per heavy atom. The second-order valence-corrected chi connectivity index (χ2v) is 14.3. The van der Waals surface area contributed by atoms with Gasteiger partial charge in [0.05, 0.1) is 15.0 Å². The van der Waals surface area contributed by atoms with Gasteiger partial charge in [-0.1, -0.05) is 34.6 Å². The summed E-state index contributed by atoms with van der Waals surface area (Å²) in [4.78, 5) is 51.0. The van der Waals surface area contributed by atoms with E-state index in [1.54, 1.807) is 0 Å². The van der Waals surface area contributed by atoms with Gasteiger partial charge < -0.3 is 14.2 Å². The number of fused-ring (bicyclic) bond motifs is 5. The van der Waals surface area contributed by atoms with Crippen LogP contribution in [0.4, 0.5) is 0 Å². The molecule has 4 aliphatic rings. The van der Waals surface area contributed by atoms with Crippen molar-refractivity contribution in [3.63, 3.8) is 0 Å². The Kier molecular flexibility index (Phi) is 8.62. The van der Waals surface area contributed by atoms with Gasteiger partial charge in [-0.15, -0.1) is 0 Å². The van der Waals surface area contributed by atoms with Crippen LogP contribution < -0.4 is 0 Å². The average Bonchev–Trinajstić information content (AvgIpc) is 3.24. The summed E-state index contributed by atoms with van der Waals surface area (Å²) in [6.45, 7) is 13.8. The van der Waals surface area contributed by atoms with Crippen molar-refractivity contribution >= 4 is 31.5 Å². The Morgan fingerprint density at radius 3 is 2.25 bits per heavy atom. The molecule has 2 radical (unpaired) electrons. The molecule has 0 heterocycles. The molecular weight excluding hydrogens is 507 g/mol. The van der Waals surface area contributed by atoms with E-state index in [0.717, 1.165) is 32.1 Å². The highest BCUT2D eigenvalue weighted by Crippen LogP contribution is 2.72. The minimum Gasteiger partial charge on any atom is -0.469 e. The lowest BCUT2D eigenvalue weighted by Gasteiger charge is -2.66. The summed E-state index contributed by atoms with van der Waals surface area (Å²) in [7, 11) is 8.47. The summed E-state index contributed by atoms with van der Waals surface area (Å²) >= 11 is 0. The number of hydrogen-bond acceptors (Lipinski definition) is 7. The quantitative estimate of drug-likeness (QED) is 0.233. The summed E-state index contributed by atoms with van der Waals surface area (Å²) in [5.74, 6) is -1.23. The first kappa shape index (κ1) is 31.1. The number of ether oxygens (including phenoxy) is 3. The first-order chi connectivity index (χ1) is 18.6. The highest BCUT2D eigenvalue weighted by molar-refractivity contribution is 6.26. The molecule has 0 aliphatic heterocycles. The fourth-order valence-electron chi connectivity index (χ4n) is 10.5. The predicted molar refractivity (Wildman–Crippen MR) is 151 cm³/mol. The fraction of sp³-hybridized carbons (Fsp3) is 0.875. The number of esters is 3. The Hall–Kier alpha value is -1.86. The summed E-state index contributed by atoms with van der Waals surface area (Å²) in [5.41, 5.74) is -1.17. The summed E-state index contributed by atoms with van der Waals surface area (Å²) < 4.78 is 16.8. The molecule has 0 N–H and O–H groups in total. The highest BCUT2D eigenvalue weighted by atomic mass is 16.5. The van der Waals surface area contributed by atoms with Gasteiger partial charge in [0, 0.05) is 31.6 Å². The molecule has 4 fully saturated rings. The van der Waals surface area contributed by atoms with Crippen molar-refractivity contribution in [3.8, 4) is 0 Å². The Labute approximate surface area is 241 Å². The Balaban J connectivity index is 1.77. The molecule has 11 atom stereocenters. The smallest absolute Gasteiger partial charge is 0.305 e. The Bertz CT molecular complexity index is 1020. The van der Waals surface area contributed by atoms with Gasteiger partial charge >= 0.3 is 17.9 Å². The zero-order chi connectivity index (χ0) is 29.8. The van der Waals surface area contributed by atoms with Crippen LogP contribution in [0.3, 0.4) is 0 Å². The van der Waals surface area contributed by atoms with Gasteiger partial charge in [-0.25, -0.2) is 0 Å². The van der Waals surface area contributed by atoms with Crippen LogP contribution in [0, 0.1) is 51.8 Å². The van der Waals surface area contributed by atoms with Crippen molar-refractivity contribution in [2.75, 3.05) is 7.11 Å². The van der Waals surface area contributed by atoms with Crippen molar-refractivity contribution in [1.82, 2.24) is 0 Å². The van der Waals surface area contributed by atoms with Crippen LogP contribution in [-0.4, -0.2) is 50.9 Å². The van der Waals surface area contributed by atoms with E-state index >= 15 is 0 Å². The molecule has 3 unspecified atom stereocenters. The van der Waals surface area contributed by atoms with Crippen LogP contribution in [0.15, 0.2) is 0 Å². The van der Waals surface area contributed by atoms with Crippen LogP contribution in [0.25, 0.3) is 0 Å². The van der Waals surface area contributed by atoms with Gasteiger partial charge in [0.15, 0.2) is 0 Å². The van der Waals surface area contributed by atoms with Crippen LogP contribution in [0.5, 0.6) is 0 Å². The van der Waals surface area contributed by atoms with Gasteiger partial charge in [0.25, 0.3) is 0 Å². The predicted octanol–water partition coefficient (Wildman–Crippen LogP) is 5.48. The van der Waals surface area contributed by atoms with E-state index in [0.29, 0.717) is 19.3 Å². The van der Waals surface area contributed by atoms with E-state index in [4.69, 9.17) is 22.1 Å². The number of carbonyl (C=O) groups is 4. The number of carbonyl (C=O) groups excluding carboxylic acids is 4. The van der Waals surface area contributed by atoms with Crippen LogP contribution >= 0.6 is 0 Å². The third-order valence-corrected chi connectivity index (χ3v) is 12.1. The number of rotatable bonds is 7. The minimum absolute atomic E-state index is 0.0283. The molecule has 0 bridgehead atoms. The van der Waals surface area contributed by atoms with Crippen LogP contribution in [0.2, 0.25) is 5.82 Å². The molecular formula is C32H49BO7. The number of ketones is 1. The van der Waals surface area contributed by atoms with Crippen molar-refractivity contribution in [2.45, 2.75) is 118 Å². The molecule has 0 saturated heterocycles. The molecule has 0 aromatic rings. The fourth-order valence-corrected chi connectivity index (χ4v) is 10.5. The molecule has 0 spiro atoms. The van der Waals surface area contributed by atoms with Crippen molar-refractivity contribution in [3.05, 3.63) is 0 Å². The van der Waals surface area contributed by atoms with Gasteiger partial charge in [0.2, 0.25) is 0 Å². The second kappa shape index (κ2) is 11.1. The largest absolute Gasteiger partial charge is 0.469 e. The maximum absolute atomic E-state index is 14.5. The molecule has 4 rings (SSSR count). The van der Waals surface area contributed by atoms with Gasteiger partial charge in [-0.2, -0.15) is 0 Å². The van der Waals surface area contributed by atoms with E-state index in [2.05, 4.69) is 34.6 Å². The SMILES string of the molecule is [B][C@@H]1C(=O)[C@@]2(C)C(CC[C@@H]2C(C)(C)CCC(=O)OC)C2C1[C@@]1(C)CC[C@@H](OC(C)=O)C[C@H]1[C@@H](CC)[C@H]2OC(C)=O. The maximum Gasteiger partial charge on any atom is 0.305 e. The van der Waals surface area contributed by atoms with Gasteiger partial charge in [-0.3, -0.25) is 19.2 Å². The summed E-state index contributed by atoms with van der Waals surface area (Å²) in [6.07, 6.45) is 5.25. The molecule has 0 aromatic carbocycles. The van der Waals surface area contributed by atoms with E-state index in [9.17, 15) is 19.2 Å². The molecule has 40 heavy (non-hydrogen) atoms. The molecule has 4 saturated carbocycles. The first-order valence-electron chi connectivity index (χ1n) is 15.3. The standard InChI is InChI=1S/C32H49BO7/c1-9-20-22-16-19(39-17(2)34)12-15-31(22,6)26-25(28(20)40-18(3)35)21-10-11-23(32(21,7)29(37)27(26)33)30(4,5)14-13-24(36)38-8/h19-23,25-28H,9-16H2,1-8H3/t19-,20-,21?,22+,23-,25?,26?,27+,28-,31+,32+/m1/s1. The van der Waals surface area contributed by atoms with Gasteiger partial charge in [0.1, 0.15) is 18.0 Å². The van der Waals surface area contributed by atoms with E-state index < -0.39 is 11.2 Å². The average molecular weight is 557 g/mol. The molecule has 222 valence electrons. The van der Waals surface area contributed by atoms with Crippen LogP contribution in [0.1, 0.15) is 99.8 Å². The molecule has 7 nitrogen and oxygen atoms in total. The second-order valence-electron chi connectivity index (χ2n) is 14.3. The monoisotopic (exact) mass is 556 g/mol. The molecule has 4 aliphatic carbocycles. The number of Topliss-reactive ketones (excluding diaryl/α,β-unsaturated/α-hetero) is 1. The van der Waals surface area contributed by atoms with E-state index in [-0.39, 0.29) is 82.2 Å². The first-order valence-corrected chi connectivity index (χ1v) is 15.3. The van der Waals surface area contributed by atoms with Gasteiger partial charge in [-0.05, 0) is 91.2 Å². The molecule has 0 amide bonds. The zero-order valence-corrected chi connectivity index (χ0v) is 25.8. The van der Waals surface area contributed by atoms with Crippen LogP contribution in [-0.2, 0) is 33.4 Å². The highest BCUT2D eigenvalue weighted by Gasteiger charge is 2.71. The number of hydrogen-bond donors (Lipinski definition) is 0. The normalized spacial score (nSPS) is 42.7. The molecule has 0 aromatic heterocycles. The Morgan fingerprint density at radius 1 is 1.02 bits per heavy atom. The minimum atomic E-state index is -0.672. The summed E-state index contributed by atoms with van der Waals surface area (Å²) in [5, 5.41) is 0. The summed E-state index contributed by atoms with van der Waals surface area (Å²) in [6, 6.07) is 0. The third-order valence-electron chi connectivity index (χ3n) is 12.1. The van der Waals surface area contributed by atoms with Crippen molar-refractivity contribution in [2.24, 2.45) is 51.8 Å². The molecule has 8 heteroatoms. The number of methoxy groups -OCH3 is 1. The van der Waals surface area contributed by atoms with E-state index in [1.807, 2.05) is 0 Å². The topological polar surface area (TPSA) is 96.0 Å². The van der Waals surface area contributed by atoms with E-state index in [1.165, 1.54) is 21.0 Å². The lowest BCUT2D eigenvalue weighted by molar-refractivity contribution is -0.216. The lowest BCUT2D eigenvalue weighted by Crippen LogP contribution is -2.66. The third kappa shape index (κ3) is 4.93. The van der Waals surface area contributed by atoms with Crippen molar-refractivity contribution in [1.29, 1.82) is 0 Å².